The van der Waals surface area contributed by atoms with Gasteiger partial charge in [0.1, 0.15) is 0 Å². The van der Waals surface area contributed by atoms with Gasteiger partial charge in [-0.05, 0) is 48.8 Å². The van der Waals surface area contributed by atoms with Crippen LogP contribution in [0.4, 0.5) is 0 Å². The quantitative estimate of drug-likeness (QED) is 0.488. The van der Waals surface area contributed by atoms with Crippen LogP contribution in [0.5, 0.6) is 0 Å². The van der Waals surface area contributed by atoms with Crippen LogP contribution in [0.25, 0.3) is 0 Å². The van der Waals surface area contributed by atoms with Gasteiger partial charge in [-0.1, -0.05) is 54.6 Å². The fourth-order valence-electron chi connectivity index (χ4n) is 3.24. The van der Waals surface area contributed by atoms with Gasteiger partial charge in [-0.15, -0.1) is 0 Å². The maximum atomic E-state index is 5.83. The topological polar surface area (TPSA) is 36.9 Å². The van der Waals surface area contributed by atoms with Crippen molar-refractivity contribution in [1.82, 2.24) is 0 Å². The van der Waals surface area contributed by atoms with Crippen molar-refractivity contribution in [1.29, 1.82) is 0 Å². The Kier molecular flexibility index (Phi) is 9.51. The van der Waals surface area contributed by atoms with Gasteiger partial charge >= 0.3 is 0 Å². The van der Waals surface area contributed by atoms with Crippen LogP contribution in [-0.2, 0) is 38.6 Å². The summed E-state index contributed by atoms with van der Waals surface area (Å²) in [5, 5.41) is 0. The number of hydrogen-bond donors (Lipinski definition) is 0. The highest BCUT2D eigenvalue weighted by Gasteiger charge is 2.13. The summed E-state index contributed by atoms with van der Waals surface area (Å²) in [6.07, 6.45) is 5.17. The van der Waals surface area contributed by atoms with E-state index in [1.54, 1.807) is 0 Å². The van der Waals surface area contributed by atoms with E-state index in [0.29, 0.717) is 26.4 Å². The lowest BCUT2D eigenvalue weighted by atomic mass is 10.1. The van der Waals surface area contributed by atoms with Crippen LogP contribution in [0, 0.1) is 0 Å². The van der Waals surface area contributed by atoms with Crippen LogP contribution < -0.4 is 0 Å². The first-order valence-electron chi connectivity index (χ1n) is 10.4. The summed E-state index contributed by atoms with van der Waals surface area (Å²) in [6, 6.07) is 18.8. The highest BCUT2D eigenvalue weighted by molar-refractivity contribution is 5.23. The van der Waals surface area contributed by atoms with Gasteiger partial charge in [0.05, 0.1) is 19.8 Å². The van der Waals surface area contributed by atoms with E-state index < -0.39 is 0 Å². The van der Waals surface area contributed by atoms with Gasteiger partial charge < -0.3 is 18.9 Å². The Bertz CT molecular complexity index is 653. The largest absolute Gasteiger partial charge is 0.377 e. The van der Waals surface area contributed by atoms with E-state index in [1.165, 1.54) is 23.1 Å². The molecule has 0 bridgehead atoms. The molecule has 1 saturated heterocycles. The zero-order chi connectivity index (χ0) is 19.3. The van der Waals surface area contributed by atoms with Gasteiger partial charge in [-0.3, -0.25) is 0 Å². The Balaban J connectivity index is 1.24. The summed E-state index contributed by atoms with van der Waals surface area (Å²) in [7, 11) is 0. The predicted molar refractivity (Wildman–Crippen MR) is 110 cm³/mol. The summed E-state index contributed by atoms with van der Waals surface area (Å²) in [5.74, 6) is 0. The molecule has 0 saturated carbocycles. The van der Waals surface area contributed by atoms with E-state index in [1.807, 2.05) is 18.2 Å². The van der Waals surface area contributed by atoms with Gasteiger partial charge in [-0.25, -0.2) is 0 Å². The Hall–Kier alpha value is -1.72. The minimum atomic E-state index is -0.00984. The molecule has 0 amide bonds. The molecule has 3 rings (SSSR count). The fraction of sp³-hybridized carbons (Fsp3) is 0.500. The van der Waals surface area contributed by atoms with Crippen LogP contribution in [0.15, 0.2) is 54.6 Å². The third kappa shape index (κ3) is 8.11. The monoisotopic (exact) mass is 384 g/mol. The summed E-state index contributed by atoms with van der Waals surface area (Å²) in [5.41, 5.74) is 3.69. The van der Waals surface area contributed by atoms with Crippen molar-refractivity contribution in [3.05, 3.63) is 71.3 Å². The molecule has 1 unspecified atom stereocenters. The molecule has 1 aliphatic heterocycles. The average Bonchev–Trinajstić information content (AvgIpc) is 2.75. The van der Waals surface area contributed by atoms with Gasteiger partial charge in [0.15, 0.2) is 6.29 Å². The van der Waals surface area contributed by atoms with Crippen LogP contribution in [0.1, 0.15) is 42.4 Å². The average molecular weight is 385 g/mol. The van der Waals surface area contributed by atoms with Crippen molar-refractivity contribution in [3.8, 4) is 0 Å². The number of ether oxygens (including phenoxy) is 4. The lowest BCUT2D eigenvalue weighted by Crippen LogP contribution is -2.23. The van der Waals surface area contributed by atoms with Gasteiger partial charge in [0, 0.05) is 19.8 Å². The first kappa shape index (κ1) is 21.0. The highest BCUT2D eigenvalue weighted by Crippen LogP contribution is 2.14. The third-order valence-electron chi connectivity index (χ3n) is 4.78. The molecule has 0 aromatic heterocycles. The Morgan fingerprint density at radius 1 is 0.786 bits per heavy atom. The van der Waals surface area contributed by atoms with Crippen molar-refractivity contribution in [2.75, 3.05) is 26.4 Å². The van der Waals surface area contributed by atoms with Gasteiger partial charge in [-0.2, -0.15) is 0 Å². The van der Waals surface area contributed by atoms with Crippen molar-refractivity contribution in [3.63, 3.8) is 0 Å². The van der Waals surface area contributed by atoms with E-state index in [4.69, 9.17) is 18.9 Å². The minimum Gasteiger partial charge on any atom is -0.377 e. The number of rotatable bonds is 12. The van der Waals surface area contributed by atoms with Gasteiger partial charge in [0.2, 0.25) is 0 Å². The van der Waals surface area contributed by atoms with Gasteiger partial charge in [0.25, 0.3) is 0 Å². The van der Waals surface area contributed by atoms with Crippen molar-refractivity contribution >= 4 is 0 Å². The standard InChI is InChI=1S/C24H32O4/c1-2-8-22(9-3-1)19-25-14-7-15-26-20-23-11-6-10-21(18-23)13-17-28-24-12-4-5-16-27-24/h1-3,6,8-11,18,24H,4-5,7,12-17,19-20H2. The zero-order valence-electron chi connectivity index (χ0n) is 16.7. The molecule has 2 aromatic carbocycles. The predicted octanol–water partition coefficient (Wildman–Crippen LogP) is 4.90. The molecule has 152 valence electrons. The Labute approximate surface area is 168 Å². The van der Waals surface area contributed by atoms with E-state index in [9.17, 15) is 0 Å². The number of benzene rings is 2. The summed E-state index contributed by atoms with van der Waals surface area (Å²) >= 11 is 0. The molecule has 0 aliphatic carbocycles. The molecule has 0 spiro atoms. The molecule has 1 aliphatic rings. The van der Waals surface area contributed by atoms with Crippen LogP contribution in [-0.4, -0.2) is 32.7 Å². The Morgan fingerprint density at radius 3 is 2.32 bits per heavy atom. The molecule has 0 N–H and O–H groups in total. The second-order valence-electron chi connectivity index (χ2n) is 7.18. The van der Waals surface area contributed by atoms with E-state index >= 15 is 0 Å². The minimum absolute atomic E-state index is 0.00984. The third-order valence-corrected chi connectivity index (χ3v) is 4.78. The summed E-state index contributed by atoms with van der Waals surface area (Å²) in [4.78, 5) is 0. The second-order valence-corrected chi connectivity index (χ2v) is 7.18. The molecule has 1 atom stereocenters. The molecule has 1 fully saturated rings. The molecule has 28 heavy (non-hydrogen) atoms. The van der Waals surface area contributed by atoms with E-state index in [-0.39, 0.29) is 6.29 Å². The van der Waals surface area contributed by atoms with Crippen LogP contribution in [0.3, 0.4) is 0 Å². The lowest BCUT2D eigenvalue weighted by Gasteiger charge is -2.22. The molecule has 0 radical (unpaired) electrons. The molecule has 4 nitrogen and oxygen atoms in total. The highest BCUT2D eigenvalue weighted by atomic mass is 16.7. The maximum Gasteiger partial charge on any atom is 0.157 e. The Morgan fingerprint density at radius 2 is 1.54 bits per heavy atom. The van der Waals surface area contributed by atoms with E-state index in [0.717, 1.165) is 38.9 Å². The summed E-state index contributed by atoms with van der Waals surface area (Å²) < 4.78 is 22.9. The van der Waals surface area contributed by atoms with Crippen molar-refractivity contribution < 1.29 is 18.9 Å². The molecular formula is C24H32O4. The maximum absolute atomic E-state index is 5.83. The zero-order valence-corrected chi connectivity index (χ0v) is 16.7. The molecule has 1 heterocycles. The summed E-state index contributed by atoms with van der Waals surface area (Å²) in [6.45, 7) is 4.26. The van der Waals surface area contributed by atoms with Crippen LogP contribution >= 0.6 is 0 Å². The second kappa shape index (κ2) is 12.7. The lowest BCUT2D eigenvalue weighted by molar-refractivity contribution is -0.161. The SMILES string of the molecule is c1ccc(COCCCOCc2cccc(CCOC3CCCCO3)c2)cc1. The first-order valence-corrected chi connectivity index (χ1v) is 10.4. The normalized spacial score (nSPS) is 16.9. The smallest absolute Gasteiger partial charge is 0.157 e. The van der Waals surface area contributed by atoms with Crippen LogP contribution in [0.2, 0.25) is 0 Å². The first-order chi connectivity index (χ1) is 13.9. The van der Waals surface area contributed by atoms with E-state index in [2.05, 4.69) is 36.4 Å². The molecular weight excluding hydrogens is 352 g/mol. The van der Waals surface area contributed by atoms with Crippen molar-refractivity contribution in [2.24, 2.45) is 0 Å². The number of hydrogen-bond acceptors (Lipinski definition) is 4. The van der Waals surface area contributed by atoms with Crippen molar-refractivity contribution in [2.45, 2.75) is 51.6 Å². The fourth-order valence-corrected chi connectivity index (χ4v) is 3.24. The molecule has 4 heteroatoms. The molecule has 2 aromatic rings.